The number of benzene rings is 2. The van der Waals surface area contributed by atoms with Crippen molar-refractivity contribution in [1.82, 2.24) is 4.90 Å². The van der Waals surface area contributed by atoms with Crippen LogP contribution in [0.15, 0.2) is 53.2 Å². The molecule has 0 spiro atoms. The minimum absolute atomic E-state index is 0.0514. The van der Waals surface area contributed by atoms with Crippen LogP contribution in [-0.2, 0) is 20.7 Å². The Hall–Kier alpha value is -3.52. The van der Waals surface area contributed by atoms with Gasteiger partial charge in [-0.25, -0.2) is 0 Å². The highest BCUT2D eigenvalue weighted by Gasteiger charge is 2.23. The second-order valence-electron chi connectivity index (χ2n) is 9.88. The number of carbonyl (C=O) groups is 2. The summed E-state index contributed by atoms with van der Waals surface area (Å²) >= 11 is 0. The van der Waals surface area contributed by atoms with Gasteiger partial charge in [-0.3, -0.25) is 9.59 Å². The highest BCUT2D eigenvalue weighted by Crippen LogP contribution is 2.31. The molecule has 1 unspecified atom stereocenters. The predicted molar refractivity (Wildman–Crippen MR) is 148 cm³/mol. The minimum Gasteiger partial charge on any atom is -0.465 e. The molecule has 198 valence electrons. The molecule has 37 heavy (non-hydrogen) atoms. The lowest BCUT2D eigenvalue weighted by Crippen LogP contribution is -2.37. The molecule has 3 rings (SSSR count). The van der Waals surface area contributed by atoms with Crippen LogP contribution < -0.4 is 11.1 Å². The zero-order valence-corrected chi connectivity index (χ0v) is 22.0. The molecule has 1 heterocycles. The Kier molecular flexibility index (Phi) is 10.4. The number of rotatable bonds is 12. The number of hydrogen-bond donors (Lipinski definition) is 2. The van der Waals surface area contributed by atoms with Gasteiger partial charge in [-0.2, -0.15) is 4.91 Å². The van der Waals surface area contributed by atoms with Crippen LogP contribution in [0.5, 0.6) is 0 Å². The SMILES string of the molecule is CCCN(CCCN=O)C(=O)C1=Cc2ccc(-c3ccc(CC(=O)OCC(C)C)cc3)cc2NC(N)C1. The van der Waals surface area contributed by atoms with E-state index in [4.69, 9.17) is 10.5 Å². The molecule has 8 nitrogen and oxygen atoms in total. The van der Waals surface area contributed by atoms with Crippen LogP contribution >= 0.6 is 0 Å². The number of nitrogens with one attached hydrogen (secondary N) is 1. The van der Waals surface area contributed by atoms with Gasteiger partial charge in [-0.1, -0.05) is 62.3 Å². The van der Waals surface area contributed by atoms with Gasteiger partial charge in [0.1, 0.15) is 0 Å². The molecule has 0 aromatic heterocycles. The van der Waals surface area contributed by atoms with Crippen LogP contribution in [0.25, 0.3) is 17.2 Å². The molecule has 0 radical (unpaired) electrons. The van der Waals surface area contributed by atoms with Gasteiger partial charge in [0.05, 0.1) is 25.7 Å². The summed E-state index contributed by atoms with van der Waals surface area (Å²) in [5.41, 5.74) is 11.7. The highest BCUT2D eigenvalue weighted by atomic mass is 16.5. The van der Waals surface area contributed by atoms with Gasteiger partial charge in [-0.15, -0.1) is 0 Å². The molecule has 1 amide bonds. The van der Waals surface area contributed by atoms with Gasteiger partial charge < -0.3 is 20.7 Å². The molecule has 8 heteroatoms. The average molecular weight is 507 g/mol. The average Bonchev–Trinajstić information content (AvgIpc) is 3.04. The Morgan fingerprint density at radius 2 is 1.86 bits per heavy atom. The number of carbonyl (C=O) groups excluding carboxylic acids is 2. The van der Waals surface area contributed by atoms with Crippen molar-refractivity contribution in [3.05, 3.63) is 64.1 Å². The highest BCUT2D eigenvalue weighted by molar-refractivity contribution is 5.99. The Morgan fingerprint density at radius 3 is 2.54 bits per heavy atom. The van der Waals surface area contributed by atoms with Crippen molar-refractivity contribution in [3.8, 4) is 11.1 Å². The fourth-order valence-corrected chi connectivity index (χ4v) is 4.28. The number of esters is 1. The van der Waals surface area contributed by atoms with E-state index in [1.165, 1.54) is 0 Å². The fraction of sp³-hybridized carbons (Fsp3) is 0.448. The number of nitroso groups, excluding NO2 is 1. The van der Waals surface area contributed by atoms with E-state index in [1.807, 2.05) is 69.3 Å². The molecular formula is C29H38N4O4. The van der Waals surface area contributed by atoms with Crippen molar-refractivity contribution in [2.75, 3.05) is 31.6 Å². The van der Waals surface area contributed by atoms with Crippen LogP contribution in [0, 0.1) is 10.8 Å². The van der Waals surface area contributed by atoms with E-state index in [-0.39, 0.29) is 24.8 Å². The number of nitrogens with two attached hydrogens (primary N) is 1. The van der Waals surface area contributed by atoms with E-state index in [2.05, 4.69) is 10.5 Å². The lowest BCUT2D eigenvalue weighted by molar-refractivity contribution is -0.143. The Labute approximate surface area is 219 Å². The summed E-state index contributed by atoms with van der Waals surface area (Å²) in [5, 5.41) is 6.25. The summed E-state index contributed by atoms with van der Waals surface area (Å²) in [5.74, 6) is 0.0377. The third-order valence-corrected chi connectivity index (χ3v) is 6.11. The summed E-state index contributed by atoms with van der Waals surface area (Å²) in [7, 11) is 0. The van der Waals surface area contributed by atoms with Gasteiger partial charge in [0.15, 0.2) is 0 Å². The second-order valence-corrected chi connectivity index (χ2v) is 9.88. The number of nitrogens with zero attached hydrogens (tertiary/aromatic N) is 2. The summed E-state index contributed by atoms with van der Waals surface area (Å²) in [6, 6.07) is 13.9. The Bertz CT molecular complexity index is 1110. The van der Waals surface area contributed by atoms with Gasteiger partial charge >= 0.3 is 5.97 Å². The molecule has 1 aliphatic rings. The monoisotopic (exact) mass is 506 g/mol. The first-order valence-electron chi connectivity index (χ1n) is 13.0. The van der Waals surface area contributed by atoms with Gasteiger partial charge in [0.2, 0.25) is 5.91 Å². The third-order valence-electron chi connectivity index (χ3n) is 6.11. The van der Waals surface area contributed by atoms with Crippen molar-refractivity contribution >= 4 is 23.6 Å². The number of anilines is 1. The molecule has 0 fully saturated rings. The molecular weight excluding hydrogens is 468 g/mol. The number of ether oxygens (including phenoxy) is 1. The fourth-order valence-electron chi connectivity index (χ4n) is 4.28. The maximum Gasteiger partial charge on any atom is 0.310 e. The predicted octanol–water partition coefficient (Wildman–Crippen LogP) is 4.97. The topological polar surface area (TPSA) is 114 Å². The van der Waals surface area contributed by atoms with Gasteiger partial charge in [0, 0.05) is 30.8 Å². The first-order valence-corrected chi connectivity index (χ1v) is 13.0. The van der Waals surface area contributed by atoms with Crippen molar-refractivity contribution < 1.29 is 14.3 Å². The van der Waals surface area contributed by atoms with E-state index in [1.54, 1.807) is 4.90 Å². The second kappa shape index (κ2) is 13.7. The quantitative estimate of drug-likeness (QED) is 0.239. The molecule has 1 atom stereocenters. The van der Waals surface area contributed by atoms with Crippen molar-refractivity contribution in [2.24, 2.45) is 16.8 Å². The summed E-state index contributed by atoms with van der Waals surface area (Å²) in [6.07, 6.45) is 3.52. The first kappa shape index (κ1) is 28.1. The van der Waals surface area contributed by atoms with Gasteiger partial charge in [-0.05, 0) is 53.2 Å². The van der Waals surface area contributed by atoms with Crippen molar-refractivity contribution in [1.29, 1.82) is 0 Å². The molecule has 0 aliphatic carbocycles. The van der Waals surface area contributed by atoms with Crippen LogP contribution in [-0.4, -0.2) is 49.2 Å². The summed E-state index contributed by atoms with van der Waals surface area (Å²) in [6.45, 7) is 7.78. The van der Waals surface area contributed by atoms with E-state index in [0.717, 1.165) is 34.4 Å². The van der Waals surface area contributed by atoms with E-state index >= 15 is 0 Å². The summed E-state index contributed by atoms with van der Waals surface area (Å²) < 4.78 is 5.28. The smallest absolute Gasteiger partial charge is 0.310 e. The maximum absolute atomic E-state index is 13.3. The van der Waals surface area contributed by atoms with Crippen LogP contribution in [0.3, 0.4) is 0 Å². The number of amides is 1. The lowest BCUT2D eigenvalue weighted by atomic mass is 9.99. The molecule has 1 aliphatic heterocycles. The standard InChI is InChI=1S/C29H38N4O4/c1-4-13-33(14-5-12-31-36)29(35)25-16-24-11-10-23(17-26(24)32-27(30)18-25)22-8-6-21(7-9-22)15-28(34)37-19-20(2)3/h6-11,16-17,20,27,32H,4-5,12-15,18-19,30H2,1-3H3. The van der Waals surface area contributed by atoms with Crippen LogP contribution in [0.4, 0.5) is 5.69 Å². The van der Waals surface area contributed by atoms with Gasteiger partial charge in [0.25, 0.3) is 0 Å². The molecule has 0 saturated carbocycles. The Morgan fingerprint density at radius 1 is 1.14 bits per heavy atom. The minimum atomic E-state index is -0.411. The van der Waals surface area contributed by atoms with E-state index < -0.39 is 6.17 Å². The van der Waals surface area contributed by atoms with Crippen LogP contribution in [0.2, 0.25) is 0 Å². The lowest BCUT2D eigenvalue weighted by Gasteiger charge is -2.23. The van der Waals surface area contributed by atoms with E-state index in [9.17, 15) is 14.5 Å². The van der Waals surface area contributed by atoms with Crippen molar-refractivity contribution in [2.45, 2.75) is 52.6 Å². The molecule has 3 N–H and O–H groups in total. The number of hydrogen-bond acceptors (Lipinski definition) is 7. The first-order chi connectivity index (χ1) is 17.8. The van der Waals surface area contributed by atoms with Crippen molar-refractivity contribution in [3.63, 3.8) is 0 Å². The third kappa shape index (κ3) is 8.25. The summed E-state index contributed by atoms with van der Waals surface area (Å²) in [4.78, 5) is 37.6. The molecule has 0 saturated heterocycles. The zero-order valence-electron chi connectivity index (χ0n) is 22.0. The molecule has 2 aromatic rings. The normalized spacial score (nSPS) is 14.7. The van der Waals surface area contributed by atoms with E-state index in [0.29, 0.717) is 44.0 Å². The maximum atomic E-state index is 13.3. The number of fused-ring (bicyclic) bond motifs is 1. The van der Waals surface area contributed by atoms with Crippen LogP contribution in [0.1, 0.15) is 51.2 Å². The molecule has 2 aromatic carbocycles. The molecule has 0 bridgehead atoms. The zero-order chi connectivity index (χ0) is 26.8. The Balaban J connectivity index is 1.76. The largest absolute Gasteiger partial charge is 0.465 e.